The van der Waals surface area contributed by atoms with Gasteiger partial charge in [0.05, 0.1) is 9.79 Å². The molecule has 2 aromatic carbocycles. The van der Waals surface area contributed by atoms with Crippen molar-refractivity contribution in [3.8, 4) is 0 Å². The van der Waals surface area contributed by atoms with Crippen molar-refractivity contribution in [1.82, 2.24) is 8.61 Å². The van der Waals surface area contributed by atoms with Gasteiger partial charge in [0, 0.05) is 25.7 Å². The molecule has 1 atom stereocenters. The Balaban J connectivity index is 1.53. The molecule has 1 aliphatic carbocycles. The molecule has 2 fully saturated rings. The maximum atomic E-state index is 13.3. The average molecular weight is 491 g/mol. The lowest BCUT2D eigenvalue weighted by Gasteiger charge is -2.33. The van der Waals surface area contributed by atoms with Crippen LogP contribution in [0.2, 0.25) is 0 Å². The van der Waals surface area contributed by atoms with Gasteiger partial charge in [-0.25, -0.2) is 16.8 Å². The van der Waals surface area contributed by atoms with Gasteiger partial charge < -0.3 is 0 Å². The van der Waals surface area contributed by atoms with Crippen LogP contribution in [-0.4, -0.2) is 51.1 Å². The molecule has 0 spiro atoms. The number of benzene rings is 2. The van der Waals surface area contributed by atoms with E-state index in [0.717, 1.165) is 50.5 Å². The van der Waals surface area contributed by atoms with Crippen molar-refractivity contribution in [3.05, 3.63) is 60.2 Å². The number of sulfonamides is 2. The van der Waals surface area contributed by atoms with Crippen LogP contribution < -0.4 is 0 Å². The highest BCUT2D eigenvalue weighted by atomic mass is 32.2. The fraction of sp³-hybridized carbons (Fsp3) is 0.520. The molecule has 0 unspecified atom stereocenters. The third kappa shape index (κ3) is 5.19. The summed E-state index contributed by atoms with van der Waals surface area (Å²) in [5.41, 5.74) is 1.15. The maximum Gasteiger partial charge on any atom is 0.243 e. The van der Waals surface area contributed by atoms with E-state index >= 15 is 0 Å². The number of hydrogen-bond donors (Lipinski definition) is 0. The van der Waals surface area contributed by atoms with Crippen LogP contribution in [0.5, 0.6) is 0 Å². The molecule has 1 aliphatic heterocycles. The maximum absolute atomic E-state index is 13.3. The van der Waals surface area contributed by atoms with Crippen LogP contribution in [0.4, 0.5) is 0 Å². The van der Waals surface area contributed by atoms with Crippen molar-refractivity contribution < 1.29 is 16.8 Å². The summed E-state index contributed by atoms with van der Waals surface area (Å²) in [4.78, 5) is 0.311. The predicted molar refractivity (Wildman–Crippen MR) is 130 cm³/mol. The largest absolute Gasteiger partial charge is 0.243 e. The lowest BCUT2D eigenvalue weighted by molar-refractivity contribution is 0.261. The molecule has 0 aromatic heterocycles. The van der Waals surface area contributed by atoms with Crippen molar-refractivity contribution >= 4 is 20.0 Å². The first kappa shape index (κ1) is 24.4. The summed E-state index contributed by atoms with van der Waals surface area (Å²) in [7, 11) is -7.34. The Hall–Kier alpha value is -1.74. The van der Waals surface area contributed by atoms with Crippen LogP contribution in [0.25, 0.3) is 0 Å². The van der Waals surface area contributed by atoms with Gasteiger partial charge in [-0.3, -0.25) is 0 Å². The van der Waals surface area contributed by atoms with E-state index in [9.17, 15) is 16.8 Å². The molecule has 0 radical (unpaired) electrons. The summed E-state index contributed by atoms with van der Waals surface area (Å²) in [6.45, 7) is 3.21. The summed E-state index contributed by atoms with van der Waals surface area (Å²) >= 11 is 0. The third-order valence-electron chi connectivity index (χ3n) is 7.02. The van der Waals surface area contributed by atoms with Crippen molar-refractivity contribution in [3.63, 3.8) is 0 Å². The first-order chi connectivity index (χ1) is 15.8. The molecule has 2 aliphatic rings. The molecule has 8 heteroatoms. The number of rotatable bonds is 7. The number of nitrogens with zero attached hydrogens (tertiary/aromatic N) is 2. The fourth-order valence-corrected chi connectivity index (χ4v) is 8.44. The zero-order chi connectivity index (χ0) is 23.5. The van der Waals surface area contributed by atoms with E-state index in [1.54, 1.807) is 4.31 Å². The molecule has 180 valence electrons. The minimum atomic E-state index is -3.69. The van der Waals surface area contributed by atoms with Crippen molar-refractivity contribution in [2.45, 2.75) is 73.6 Å². The van der Waals surface area contributed by atoms with Gasteiger partial charge in [-0.05, 0) is 61.4 Å². The van der Waals surface area contributed by atoms with Gasteiger partial charge in [0.25, 0.3) is 0 Å². The minimum Gasteiger partial charge on any atom is -0.207 e. The van der Waals surface area contributed by atoms with Gasteiger partial charge in [-0.1, -0.05) is 56.5 Å². The van der Waals surface area contributed by atoms with Gasteiger partial charge in [0.15, 0.2) is 0 Å². The van der Waals surface area contributed by atoms with Crippen LogP contribution in [0.3, 0.4) is 0 Å². The molecule has 0 bridgehead atoms. The van der Waals surface area contributed by atoms with Gasteiger partial charge >= 0.3 is 0 Å². The smallest absolute Gasteiger partial charge is 0.207 e. The first-order valence-electron chi connectivity index (χ1n) is 12.0. The Morgan fingerprint density at radius 2 is 1.45 bits per heavy atom. The van der Waals surface area contributed by atoms with Crippen LogP contribution in [-0.2, 0) is 20.0 Å². The summed E-state index contributed by atoms with van der Waals surface area (Å²) < 4.78 is 56.4. The van der Waals surface area contributed by atoms with E-state index in [4.69, 9.17) is 0 Å². The second-order valence-electron chi connectivity index (χ2n) is 9.08. The standard InChI is InChI=1S/C25H34N2O4S2/c1-2-27(23-13-7-4-8-14-23)33(30,31)25-17-15-24(16-18-25)32(28,29)26-19-9-12-22(20-26)21-10-5-3-6-11-21/h3,5-6,10-11,15-18,22-23H,2,4,7-9,12-14,19-20H2,1H3/t22-/m1/s1. The normalized spacial score (nSPS) is 21.3. The Bertz CT molecular complexity index is 1130. The molecule has 0 amide bonds. The number of piperidine rings is 1. The van der Waals surface area contributed by atoms with E-state index in [-0.39, 0.29) is 21.8 Å². The molecule has 4 rings (SSSR count). The van der Waals surface area contributed by atoms with Crippen LogP contribution in [0.15, 0.2) is 64.4 Å². The molecule has 0 N–H and O–H groups in total. The molecule has 1 saturated carbocycles. The molecular formula is C25H34N2O4S2. The van der Waals surface area contributed by atoms with E-state index in [2.05, 4.69) is 0 Å². The fourth-order valence-electron chi connectivity index (χ4n) is 5.22. The third-order valence-corrected chi connectivity index (χ3v) is 10.9. The molecule has 1 saturated heterocycles. The average Bonchev–Trinajstić information content (AvgIpc) is 2.86. The predicted octanol–water partition coefficient (Wildman–Crippen LogP) is 4.60. The Labute approximate surface area is 198 Å². The Morgan fingerprint density at radius 1 is 0.818 bits per heavy atom. The Morgan fingerprint density at radius 3 is 2.09 bits per heavy atom. The zero-order valence-corrected chi connectivity index (χ0v) is 20.9. The summed E-state index contributed by atoms with van der Waals surface area (Å²) in [5, 5.41) is 0. The van der Waals surface area contributed by atoms with E-state index in [1.165, 1.54) is 28.6 Å². The molecule has 6 nitrogen and oxygen atoms in total. The molecule has 1 heterocycles. The topological polar surface area (TPSA) is 74.8 Å². The highest BCUT2D eigenvalue weighted by Crippen LogP contribution is 2.31. The quantitative estimate of drug-likeness (QED) is 0.569. The van der Waals surface area contributed by atoms with E-state index in [0.29, 0.717) is 19.6 Å². The van der Waals surface area contributed by atoms with E-state index in [1.807, 2.05) is 37.3 Å². The SMILES string of the molecule is CCN(C1CCCCC1)S(=O)(=O)c1ccc(S(=O)(=O)N2CCC[C@@H](c3ccccc3)C2)cc1. The van der Waals surface area contributed by atoms with Gasteiger partial charge in [-0.2, -0.15) is 8.61 Å². The van der Waals surface area contributed by atoms with Gasteiger partial charge in [0.2, 0.25) is 20.0 Å². The summed E-state index contributed by atoms with van der Waals surface area (Å²) in [5.74, 6) is 0.169. The zero-order valence-electron chi connectivity index (χ0n) is 19.3. The van der Waals surface area contributed by atoms with Crippen molar-refractivity contribution in [1.29, 1.82) is 0 Å². The summed E-state index contributed by atoms with van der Waals surface area (Å²) in [6.07, 6.45) is 6.79. The van der Waals surface area contributed by atoms with Gasteiger partial charge in [0.1, 0.15) is 0 Å². The van der Waals surface area contributed by atoms with Crippen LogP contribution >= 0.6 is 0 Å². The van der Waals surface area contributed by atoms with Crippen molar-refractivity contribution in [2.24, 2.45) is 0 Å². The first-order valence-corrected chi connectivity index (χ1v) is 14.9. The minimum absolute atomic E-state index is 0.0282. The van der Waals surface area contributed by atoms with Crippen LogP contribution in [0.1, 0.15) is 63.4 Å². The highest BCUT2D eigenvalue weighted by molar-refractivity contribution is 7.89. The lowest BCUT2D eigenvalue weighted by Crippen LogP contribution is -2.41. The monoisotopic (exact) mass is 490 g/mol. The lowest BCUT2D eigenvalue weighted by atomic mass is 9.92. The number of hydrogen-bond acceptors (Lipinski definition) is 4. The van der Waals surface area contributed by atoms with Crippen LogP contribution in [0, 0.1) is 0 Å². The van der Waals surface area contributed by atoms with E-state index < -0.39 is 20.0 Å². The van der Waals surface area contributed by atoms with Gasteiger partial charge in [-0.15, -0.1) is 0 Å². The molecule has 33 heavy (non-hydrogen) atoms. The molecular weight excluding hydrogens is 456 g/mol. The summed E-state index contributed by atoms with van der Waals surface area (Å²) in [6, 6.07) is 15.8. The second kappa shape index (κ2) is 10.3. The second-order valence-corrected chi connectivity index (χ2v) is 12.9. The Kier molecular flexibility index (Phi) is 7.58. The van der Waals surface area contributed by atoms with Crippen molar-refractivity contribution in [2.75, 3.05) is 19.6 Å². The molecule has 2 aromatic rings. The highest BCUT2D eigenvalue weighted by Gasteiger charge is 2.33.